The Labute approximate surface area is 113 Å². The van der Waals surface area contributed by atoms with E-state index >= 15 is 0 Å². The zero-order valence-electron chi connectivity index (χ0n) is 12.6. The zero-order chi connectivity index (χ0) is 13.6. The Bertz CT molecular complexity index is 252. The predicted molar refractivity (Wildman–Crippen MR) is 78.0 cm³/mol. The molecule has 18 heavy (non-hydrogen) atoms. The van der Waals surface area contributed by atoms with Gasteiger partial charge < -0.3 is 10.1 Å². The highest BCUT2D eigenvalue weighted by Crippen LogP contribution is 2.13. The van der Waals surface area contributed by atoms with Gasteiger partial charge in [-0.25, -0.2) is 0 Å². The summed E-state index contributed by atoms with van der Waals surface area (Å²) in [5, 5.41) is 3.47. The van der Waals surface area contributed by atoms with Crippen LogP contribution in [0.4, 0.5) is 0 Å². The van der Waals surface area contributed by atoms with Crippen LogP contribution in [0.25, 0.3) is 0 Å². The summed E-state index contributed by atoms with van der Waals surface area (Å²) in [4.78, 5) is 2.32. The van der Waals surface area contributed by atoms with Gasteiger partial charge in [0.05, 0.1) is 6.10 Å². The van der Waals surface area contributed by atoms with Gasteiger partial charge in [-0.15, -0.1) is 0 Å². The van der Waals surface area contributed by atoms with E-state index in [-0.39, 0.29) is 5.54 Å². The van der Waals surface area contributed by atoms with Crippen molar-refractivity contribution in [2.45, 2.75) is 51.7 Å². The van der Waals surface area contributed by atoms with Gasteiger partial charge in [-0.05, 0) is 52.7 Å². The summed E-state index contributed by atoms with van der Waals surface area (Å²) in [6, 6.07) is 0. The number of hydrogen-bond donors (Lipinski definition) is 1. The van der Waals surface area contributed by atoms with Crippen molar-refractivity contribution < 1.29 is 4.74 Å². The van der Waals surface area contributed by atoms with Crippen LogP contribution < -0.4 is 5.32 Å². The number of hydrogen-bond acceptors (Lipinski definition) is 3. The fourth-order valence-corrected chi connectivity index (χ4v) is 2.19. The van der Waals surface area contributed by atoms with Crippen LogP contribution in [-0.4, -0.2) is 49.8 Å². The number of nitrogens with one attached hydrogen (secondary N) is 1. The first kappa shape index (κ1) is 15.7. The Morgan fingerprint density at radius 1 is 1.39 bits per heavy atom. The van der Waals surface area contributed by atoms with Gasteiger partial charge >= 0.3 is 0 Å². The average molecular weight is 254 g/mol. The van der Waals surface area contributed by atoms with Crippen molar-refractivity contribution in [1.29, 1.82) is 0 Å². The van der Waals surface area contributed by atoms with Crippen LogP contribution in [0, 0.1) is 0 Å². The number of rotatable bonds is 6. The maximum Gasteiger partial charge on any atom is 0.0702 e. The topological polar surface area (TPSA) is 24.5 Å². The summed E-state index contributed by atoms with van der Waals surface area (Å²) in [5.74, 6) is 0. The highest BCUT2D eigenvalue weighted by Gasteiger charge is 2.16. The molecule has 0 amide bonds. The van der Waals surface area contributed by atoms with Gasteiger partial charge in [-0.3, -0.25) is 4.90 Å². The Kier molecular flexibility index (Phi) is 6.33. The Morgan fingerprint density at radius 3 is 2.67 bits per heavy atom. The second-order valence-electron chi connectivity index (χ2n) is 6.54. The summed E-state index contributed by atoms with van der Waals surface area (Å²) >= 11 is 0. The first-order valence-electron chi connectivity index (χ1n) is 7.08. The lowest BCUT2D eigenvalue weighted by Gasteiger charge is -2.28. The Morgan fingerprint density at radius 2 is 2.11 bits per heavy atom. The van der Waals surface area contributed by atoms with Gasteiger partial charge in [0.1, 0.15) is 0 Å². The smallest absolute Gasteiger partial charge is 0.0702 e. The molecule has 1 heterocycles. The molecular weight excluding hydrogens is 224 g/mol. The molecule has 0 aromatic carbocycles. The van der Waals surface area contributed by atoms with Gasteiger partial charge in [0, 0.05) is 31.8 Å². The summed E-state index contributed by atoms with van der Waals surface area (Å²) in [5.41, 5.74) is 1.40. The van der Waals surface area contributed by atoms with Crippen LogP contribution in [0.3, 0.4) is 0 Å². The molecule has 1 atom stereocenters. The van der Waals surface area contributed by atoms with Gasteiger partial charge in [-0.1, -0.05) is 6.58 Å². The van der Waals surface area contributed by atoms with E-state index in [0.29, 0.717) is 6.10 Å². The van der Waals surface area contributed by atoms with Crippen LogP contribution >= 0.6 is 0 Å². The molecule has 1 aliphatic rings. The monoisotopic (exact) mass is 254 g/mol. The first-order valence-corrected chi connectivity index (χ1v) is 7.08. The molecule has 0 radical (unpaired) electrons. The number of likely N-dealkylation sites (N-methyl/N-ethyl adjacent to an activating group) is 1. The van der Waals surface area contributed by atoms with Gasteiger partial charge in [0.15, 0.2) is 0 Å². The molecule has 3 heteroatoms. The maximum absolute atomic E-state index is 5.76. The molecule has 3 nitrogen and oxygen atoms in total. The lowest BCUT2D eigenvalue weighted by atomic mass is 10.1. The van der Waals surface area contributed by atoms with E-state index in [1.165, 1.54) is 24.8 Å². The molecule has 0 aromatic rings. The molecule has 0 aromatic heterocycles. The molecule has 1 saturated heterocycles. The van der Waals surface area contributed by atoms with Gasteiger partial charge in [0.2, 0.25) is 0 Å². The Balaban J connectivity index is 2.18. The average Bonchev–Trinajstić information content (AvgIpc) is 2.26. The molecule has 1 aliphatic heterocycles. The van der Waals surface area contributed by atoms with Gasteiger partial charge in [-0.2, -0.15) is 0 Å². The van der Waals surface area contributed by atoms with Crippen LogP contribution in [-0.2, 0) is 4.74 Å². The fourth-order valence-electron chi connectivity index (χ4n) is 2.19. The van der Waals surface area contributed by atoms with Crippen molar-refractivity contribution in [3.63, 3.8) is 0 Å². The van der Waals surface area contributed by atoms with Crippen molar-refractivity contribution in [2.75, 3.05) is 33.3 Å². The summed E-state index contributed by atoms with van der Waals surface area (Å²) in [6.45, 7) is 14.5. The number of ether oxygens (including phenoxy) is 1. The van der Waals surface area contributed by atoms with Gasteiger partial charge in [0.25, 0.3) is 0 Å². The minimum absolute atomic E-state index is 0.161. The normalized spacial score (nSPS) is 21.3. The molecule has 0 bridgehead atoms. The second-order valence-corrected chi connectivity index (χ2v) is 6.54. The maximum atomic E-state index is 5.76. The van der Waals surface area contributed by atoms with Crippen molar-refractivity contribution >= 4 is 0 Å². The van der Waals surface area contributed by atoms with E-state index in [1.807, 2.05) is 0 Å². The zero-order valence-corrected chi connectivity index (χ0v) is 12.6. The quantitative estimate of drug-likeness (QED) is 0.737. The second kappa shape index (κ2) is 7.27. The van der Waals surface area contributed by atoms with Crippen molar-refractivity contribution in [3.8, 4) is 0 Å². The van der Waals surface area contributed by atoms with E-state index in [9.17, 15) is 0 Å². The highest BCUT2D eigenvalue weighted by atomic mass is 16.5. The standard InChI is InChI=1S/C15H30N2O/c1-13(10-16-15(2,3)4)11-17(5)12-14-8-6-7-9-18-14/h14,16H,1,6-12H2,2-5H3. The highest BCUT2D eigenvalue weighted by molar-refractivity contribution is 5.01. The molecule has 0 spiro atoms. The van der Waals surface area contributed by atoms with Crippen LogP contribution in [0.2, 0.25) is 0 Å². The molecule has 1 unspecified atom stereocenters. The van der Waals surface area contributed by atoms with Crippen LogP contribution in [0.1, 0.15) is 40.0 Å². The van der Waals surface area contributed by atoms with E-state index in [2.05, 4.69) is 44.6 Å². The molecule has 1 fully saturated rings. The fraction of sp³-hybridized carbons (Fsp3) is 0.867. The van der Waals surface area contributed by atoms with Crippen molar-refractivity contribution in [3.05, 3.63) is 12.2 Å². The first-order chi connectivity index (χ1) is 8.37. The van der Waals surface area contributed by atoms with E-state index < -0.39 is 0 Å². The predicted octanol–water partition coefficient (Wildman–Crippen LogP) is 2.43. The molecule has 0 saturated carbocycles. The third kappa shape index (κ3) is 7.14. The van der Waals surface area contributed by atoms with Crippen LogP contribution in [0.5, 0.6) is 0 Å². The van der Waals surface area contributed by atoms with E-state index in [1.54, 1.807) is 0 Å². The van der Waals surface area contributed by atoms with E-state index in [4.69, 9.17) is 4.74 Å². The largest absolute Gasteiger partial charge is 0.377 e. The van der Waals surface area contributed by atoms with E-state index in [0.717, 1.165) is 26.2 Å². The minimum atomic E-state index is 0.161. The lowest BCUT2D eigenvalue weighted by molar-refractivity contribution is -0.000190. The SMILES string of the molecule is C=C(CNC(C)(C)C)CN(C)CC1CCCCO1. The minimum Gasteiger partial charge on any atom is -0.377 e. The molecule has 0 aliphatic carbocycles. The summed E-state index contributed by atoms with van der Waals surface area (Å²) in [6.07, 6.45) is 4.16. The third-order valence-corrected chi connectivity index (χ3v) is 3.15. The van der Waals surface area contributed by atoms with Crippen molar-refractivity contribution in [1.82, 2.24) is 10.2 Å². The number of nitrogens with zero attached hydrogens (tertiary/aromatic N) is 1. The molecule has 1 rings (SSSR count). The summed E-state index contributed by atoms with van der Waals surface area (Å²) < 4.78 is 5.76. The van der Waals surface area contributed by atoms with Crippen molar-refractivity contribution in [2.24, 2.45) is 0 Å². The summed E-state index contributed by atoms with van der Waals surface area (Å²) in [7, 11) is 2.15. The third-order valence-electron chi connectivity index (χ3n) is 3.15. The molecular formula is C15H30N2O. The van der Waals surface area contributed by atoms with Crippen LogP contribution in [0.15, 0.2) is 12.2 Å². The lowest BCUT2D eigenvalue weighted by Crippen LogP contribution is -2.39. The molecule has 106 valence electrons. The Hall–Kier alpha value is -0.380. The molecule has 1 N–H and O–H groups in total.